The summed E-state index contributed by atoms with van der Waals surface area (Å²) >= 11 is 0. The molecular formula is C17H34. The maximum atomic E-state index is 2.47. The van der Waals surface area contributed by atoms with Gasteiger partial charge in [-0.2, -0.15) is 0 Å². The summed E-state index contributed by atoms with van der Waals surface area (Å²) in [7, 11) is 0. The Balaban J connectivity index is 2.21. The highest BCUT2D eigenvalue weighted by Gasteiger charge is 2.11. The lowest BCUT2D eigenvalue weighted by molar-refractivity contribution is 0.323. The average Bonchev–Trinajstić information content (AvgIpc) is 2.34. The topological polar surface area (TPSA) is 0 Å². The molecule has 1 aliphatic rings. The lowest BCUT2D eigenvalue weighted by Crippen LogP contribution is -2.08. The summed E-state index contributed by atoms with van der Waals surface area (Å²) in [6, 6.07) is 0. The van der Waals surface area contributed by atoms with Gasteiger partial charge in [0.1, 0.15) is 0 Å². The van der Waals surface area contributed by atoms with Crippen LogP contribution >= 0.6 is 0 Å². The minimum absolute atomic E-state index is 0.958. The summed E-state index contributed by atoms with van der Waals surface area (Å²) in [5.41, 5.74) is 0. The zero-order chi connectivity index (χ0) is 12.3. The first kappa shape index (κ1) is 15.1. The lowest BCUT2D eigenvalue weighted by atomic mass is 9.87. The van der Waals surface area contributed by atoms with Gasteiger partial charge in [-0.05, 0) is 11.8 Å². The van der Waals surface area contributed by atoms with E-state index < -0.39 is 0 Å². The first-order chi connectivity index (χ1) is 8.30. The van der Waals surface area contributed by atoms with Crippen LogP contribution in [0.1, 0.15) is 97.3 Å². The molecule has 102 valence electrons. The zero-order valence-electron chi connectivity index (χ0n) is 12.3. The maximum absolute atomic E-state index is 2.47. The van der Waals surface area contributed by atoms with Crippen molar-refractivity contribution in [3.05, 3.63) is 0 Å². The van der Waals surface area contributed by atoms with Gasteiger partial charge in [-0.25, -0.2) is 0 Å². The molecule has 1 aliphatic carbocycles. The maximum Gasteiger partial charge on any atom is -0.0417 e. The van der Waals surface area contributed by atoms with Crippen molar-refractivity contribution >= 4 is 0 Å². The Kier molecular flexibility index (Phi) is 8.83. The molecule has 0 aromatic rings. The van der Waals surface area contributed by atoms with Crippen LogP contribution in [0.3, 0.4) is 0 Å². The molecule has 0 aromatic heterocycles. The number of hydrogen-bond donors (Lipinski definition) is 0. The highest BCUT2D eigenvalue weighted by atomic mass is 14.2. The van der Waals surface area contributed by atoms with Crippen molar-refractivity contribution < 1.29 is 0 Å². The second-order valence-corrected chi connectivity index (χ2v) is 6.42. The van der Waals surface area contributed by atoms with Crippen molar-refractivity contribution in [1.29, 1.82) is 0 Å². The summed E-state index contributed by atoms with van der Waals surface area (Å²) in [6.07, 6.45) is 19.3. The molecule has 0 amide bonds. The van der Waals surface area contributed by atoms with Crippen LogP contribution in [0.2, 0.25) is 0 Å². The second kappa shape index (κ2) is 9.97. The van der Waals surface area contributed by atoms with Crippen molar-refractivity contribution in [2.75, 3.05) is 0 Å². The van der Waals surface area contributed by atoms with Gasteiger partial charge in [0, 0.05) is 0 Å². The molecule has 1 rings (SSSR count). The average molecular weight is 238 g/mol. The Bertz CT molecular complexity index is 143. The van der Waals surface area contributed by atoms with Crippen LogP contribution < -0.4 is 0 Å². The molecule has 0 heteroatoms. The number of rotatable bonds is 0. The predicted octanol–water partition coefficient (Wildman–Crippen LogP) is 6.34. The van der Waals surface area contributed by atoms with Crippen molar-refractivity contribution in [3.8, 4) is 0 Å². The van der Waals surface area contributed by atoms with Crippen LogP contribution in [0.15, 0.2) is 0 Å². The second-order valence-electron chi connectivity index (χ2n) is 6.42. The van der Waals surface area contributed by atoms with E-state index in [-0.39, 0.29) is 0 Å². The van der Waals surface area contributed by atoms with Crippen molar-refractivity contribution in [2.24, 2.45) is 11.8 Å². The standard InChI is InChI=1S/C17H34/c1-16-14-12-10-8-6-4-3-5-7-9-11-13-15-17(16)2/h16-17H,3-15H2,1-2H3. The summed E-state index contributed by atoms with van der Waals surface area (Å²) in [6.45, 7) is 4.95. The van der Waals surface area contributed by atoms with Crippen LogP contribution in [0, 0.1) is 11.8 Å². The van der Waals surface area contributed by atoms with Gasteiger partial charge in [0.25, 0.3) is 0 Å². The van der Waals surface area contributed by atoms with Gasteiger partial charge < -0.3 is 0 Å². The van der Waals surface area contributed by atoms with Crippen molar-refractivity contribution in [1.82, 2.24) is 0 Å². The molecule has 1 saturated carbocycles. The first-order valence-corrected chi connectivity index (χ1v) is 8.30. The van der Waals surface area contributed by atoms with Crippen LogP contribution in [-0.2, 0) is 0 Å². The molecule has 0 aromatic carbocycles. The van der Waals surface area contributed by atoms with Gasteiger partial charge in [0.15, 0.2) is 0 Å². The molecule has 1 fully saturated rings. The lowest BCUT2D eigenvalue weighted by Gasteiger charge is -2.19. The molecule has 0 spiro atoms. The highest BCUT2D eigenvalue weighted by Crippen LogP contribution is 2.24. The molecule has 0 aliphatic heterocycles. The van der Waals surface area contributed by atoms with E-state index in [1.807, 2.05) is 0 Å². The summed E-state index contributed by atoms with van der Waals surface area (Å²) in [5, 5.41) is 0. The summed E-state index contributed by atoms with van der Waals surface area (Å²) in [4.78, 5) is 0. The molecule has 2 unspecified atom stereocenters. The third-order valence-electron chi connectivity index (χ3n) is 4.79. The Morgan fingerprint density at radius 3 is 0.941 bits per heavy atom. The number of hydrogen-bond acceptors (Lipinski definition) is 0. The van der Waals surface area contributed by atoms with Gasteiger partial charge in [0.05, 0.1) is 0 Å². The van der Waals surface area contributed by atoms with E-state index in [1.165, 1.54) is 83.5 Å². The van der Waals surface area contributed by atoms with Crippen LogP contribution in [0.25, 0.3) is 0 Å². The summed E-state index contributed by atoms with van der Waals surface area (Å²) < 4.78 is 0. The Labute approximate surface area is 110 Å². The van der Waals surface area contributed by atoms with E-state index in [9.17, 15) is 0 Å². The van der Waals surface area contributed by atoms with Crippen LogP contribution in [-0.4, -0.2) is 0 Å². The monoisotopic (exact) mass is 238 g/mol. The molecule has 0 nitrogen and oxygen atoms in total. The van der Waals surface area contributed by atoms with Crippen LogP contribution in [0.5, 0.6) is 0 Å². The third kappa shape index (κ3) is 7.84. The molecule has 0 saturated heterocycles. The van der Waals surface area contributed by atoms with Gasteiger partial charge in [-0.3, -0.25) is 0 Å². The molecule has 17 heavy (non-hydrogen) atoms. The van der Waals surface area contributed by atoms with Gasteiger partial charge in [-0.1, -0.05) is 97.3 Å². The minimum Gasteiger partial charge on any atom is -0.0623 e. The van der Waals surface area contributed by atoms with Crippen molar-refractivity contribution in [3.63, 3.8) is 0 Å². The highest BCUT2D eigenvalue weighted by molar-refractivity contribution is 4.63. The first-order valence-electron chi connectivity index (χ1n) is 8.30. The summed E-state index contributed by atoms with van der Waals surface area (Å²) in [5.74, 6) is 1.92. The van der Waals surface area contributed by atoms with E-state index in [1.54, 1.807) is 0 Å². The molecule has 0 radical (unpaired) electrons. The van der Waals surface area contributed by atoms with Gasteiger partial charge in [-0.15, -0.1) is 0 Å². The zero-order valence-corrected chi connectivity index (χ0v) is 12.3. The van der Waals surface area contributed by atoms with Crippen LogP contribution in [0.4, 0.5) is 0 Å². The Morgan fingerprint density at radius 2 is 0.647 bits per heavy atom. The normalized spacial score (nSPS) is 31.4. The minimum atomic E-state index is 0.958. The third-order valence-corrected chi connectivity index (χ3v) is 4.79. The largest absolute Gasteiger partial charge is 0.0623 e. The van der Waals surface area contributed by atoms with Crippen molar-refractivity contribution in [2.45, 2.75) is 97.3 Å². The molecule has 0 N–H and O–H groups in total. The van der Waals surface area contributed by atoms with Gasteiger partial charge in [0.2, 0.25) is 0 Å². The Hall–Kier alpha value is 0. The molecule has 0 heterocycles. The van der Waals surface area contributed by atoms with E-state index >= 15 is 0 Å². The fourth-order valence-electron chi connectivity index (χ4n) is 3.09. The predicted molar refractivity (Wildman–Crippen MR) is 78.3 cm³/mol. The SMILES string of the molecule is CC1CCCCCCCCCCCCCC1C. The van der Waals surface area contributed by atoms with E-state index in [4.69, 9.17) is 0 Å². The van der Waals surface area contributed by atoms with E-state index in [0.29, 0.717) is 0 Å². The fraction of sp³-hybridized carbons (Fsp3) is 1.00. The fourth-order valence-corrected chi connectivity index (χ4v) is 3.09. The smallest absolute Gasteiger partial charge is 0.0417 e. The molecular weight excluding hydrogens is 204 g/mol. The molecule has 0 bridgehead atoms. The quantitative estimate of drug-likeness (QED) is 0.461. The van der Waals surface area contributed by atoms with E-state index in [2.05, 4.69) is 13.8 Å². The molecule has 2 atom stereocenters. The Morgan fingerprint density at radius 1 is 0.412 bits per heavy atom. The van der Waals surface area contributed by atoms with Gasteiger partial charge >= 0.3 is 0 Å². The van der Waals surface area contributed by atoms with E-state index in [0.717, 1.165) is 11.8 Å².